The van der Waals surface area contributed by atoms with Crippen molar-refractivity contribution in [2.45, 2.75) is 33.7 Å². The van der Waals surface area contributed by atoms with E-state index < -0.39 is 0 Å². The number of carbonyl (C=O) groups excluding carboxylic acids is 1. The maximum absolute atomic E-state index is 12.3. The fourth-order valence-corrected chi connectivity index (χ4v) is 1.60. The van der Waals surface area contributed by atoms with Crippen LogP contribution in [0.25, 0.3) is 0 Å². The first-order chi connectivity index (χ1) is 7.91. The van der Waals surface area contributed by atoms with Gasteiger partial charge in [-0.05, 0) is 31.9 Å². The van der Waals surface area contributed by atoms with Crippen LogP contribution in [-0.2, 0) is 0 Å². The predicted octanol–water partition coefficient (Wildman–Crippen LogP) is 2.17. The molecule has 0 spiro atoms. The second-order valence-electron chi connectivity index (χ2n) is 4.92. The van der Waals surface area contributed by atoms with E-state index in [-0.39, 0.29) is 11.9 Å². The molecule has 0 fully saturated rings. The fourth-order valence-electron chi connectivity index (χ4n) is 1.60. The summed E-state index contributed by atoms with van der Waals surface area (Å²) in [5.41, 5.74) is 6.58. The maximum atomic E-state index is 12.3. The largest absolute Gasteiger partial charge is 0.397 e. The Morgan fingerprint density at radius 1 is 1.35 bits per heavy atom. The molecule has 0 saturated heterocycles. The summed E-state index contributed by atoms with van der Waals surface area (Å²) in [5.74, 6) is 0.406. The van der Waals surface area contributed by atoms with Crippen LogP contribution >= 0.6 is 0 Å². The lowest BCUT2D eigenvalue weighted by Gasteiger charge is -2.28. The number of hydrogen-bond acceptors (Lipinski definition) is 3. The summed E-state index contributed by atoms with van der Waals surface area (Å²) in [5, 5.41) is 0. The highest BCUT2D eigenvalue weighted by molar-refractivity contribution is 5.92. The first-order valence-corrected chi connectivity index (χ1v) is 5.94. The van der Waals surface area contributed by atoms with Crippen LogP contribution in [0.1, 0.15) is 38.2 Å². The van der Waals surface area contributed by atoms with Crippen molar-refractivity contribution in [2.75, 3.05) is 12.3 Å². The highest BCUT2D eigenvalue weighted by atomic mass is 16.2. The molecule has 1 rings (SSSR count). The van der Waals surface area contributed by atoms with Crippen LogP contribution in [0, 0.1) is 5.92 Å². The molecule has 0 radical (unpaired) electrons. The monoisotopic (exact) mass is 235 g/mol. The summed E-state index contributed by atoms with van der Waals surface area (Å²) >= 11 is 0. The van der Waals surface area contributed by atoms with Crippen molar-refractivity contribution in [3.8, 4) is 0 Å². The third-order valence-electron chi connectivity index (χ3n) is 2.45. The number of aromatic nitrogens is 1. The van der Waals surface area contributed by atoms with Gasteiger partial charge in [-0.3, -0.25) is 4.79 Å². The molecule has 0 aromatic carbocycles. The van der Waals surface area contributed by atoms with E-state index in [0.29, 0.717) is 17.3 Å². The summed E-state index contributed by atoms with van der Waals surface area (Å²) in [6, 6.07) is 3.55. The first kappa shape index (κ1) is 13.5. The molecule has 17 heavy (non-hydrogen) atoms. The smallest absolute Gasteiger partial charge is 0.272 e. The molecule has 0 aliphatic heterocycles. The molecule has 0 bridgehead atoms. The number of nitrogens with zero attached hydrogens (tertiary/aromatic N) is 2. The first-order valence-electron chi connectivity index (χ1n) is 5.94. The third kappa shape index (κ3) is 3.73. The van der Waals surface area contributed by atoms with Crippen LogP contribution in [0.15, 0.2) is 18.3 Å². The Hall–Kier alpha value is -1.58. The lowest BCUT2D eigenvalue weighted by molar-refractivity contribution is 0.0676. The number of nitrogens with two attached hydrogens (primary N) is 1. The average Bonchev–Trinajstić information content (AvgIpc) is 2.25. The second-order valence-corrected chi connectivity index (χ2v) is 4.92. The van der Waals surface area contributed by atoms with Crippen molar-refractivity contribution in [3.05, 3.63) is 24.0 Å². The molecule has 0 unspecified atom stereocenters. The van der Waals surface area contributed by atoms with E-state index >= 15 is 0 Å². The predicted molar refractivity (Wildman–Crippen MR) is 69.7 cm³/mol. The Kier molecular flexibility index (Phi) is 4.49. The molecule has 0 saturated carbocycles. The van der Waals surface area contributed by atoms with Crippen molar-refractivity contribution < 1.29 is 4.79 Å². The van der Waals surface area contributed by atoms with Gasteiger partial charge in [0, 0.05) is 12.6 Å². The Morgan fingerprint density at radius 3 is 2.41 bits per heavy atom. The molecule has 0 atom stereocenters. The van der Waals surface area contributed by atoms with Gasteiger partial charge in [0.2, 0.25) is 0 Å². The summed E-state index contributed by atoms with van der Waals surface area (Å²) in [6.07, 6.45) is 1.51. The number of carbonyl (C=O) groups is 1. The number of amides is 1. The zero-order valence-corrected chi connectivity index (χ0v) is 11.0. The van der Waals surface area contributed by atoms with Crippen molar-refractivity contribution in [1.29, 1.82) is 0 Å². The highest BCUT2D eigenvalue weighted by Gasteiger charge is 2.20. The third-order valence-corrected chi connectivity index (χ3v) is 2.45. The van der Waals surface area contributed by atoms with E-state index in [2.05, 4.69) is 18.8 Å². The second kappa shape index (κ2) is 5.66. The molecule has 2 N–H and O–H groups in total. The molecule has 4 heteroatoms. The summed E-state index contributed by atoms with van der Waals surface area (Å²) in [6.45, 7) is 8.95. The van der Waals surface area contributed by atoms with Crippen molar-refractivity contribution in [3.63, 3.8) is 0 Å². The fraction of sp³-hybridized carbons (Fsp3) is 0.538. The minimum Gasteiger partial charge on any atom is -0.397 e. The molecule has 4 nitrogen and oxygen atoms in total. The molecule has 1 aromatic rings. The standard InChI is InChI=1S/C13H21N3O/c1-9(2)8-16(10(3)4)13(17)12-6-5-11(14)7-15-12/h5-7,9-10H,8,14H2,1-4H3. The van der Waals surface area contributed by atoms with Gasteiger partial charge in [0.25, 0.3) is 5.91 Å². The summed E-state index contributed by atoms with van der Waals surface area (Å²) in [7, 11) is 0. The van der Waals surface area contributed by atoms with Gasteiger partial charge < -0.3 is 10.6 Å². The van der Waals surface area contributed by atoms with Crippen LogP contribution in [0.5, 0.6) is 0 Å². The average molecular weight is 235 g/mol. The maximum Gasteiger partial charge on any atom is 0.272 e. The van der Waals surface area contributed by atoms with Crippen LogP contribution in [-0.4, -0.2) is 28.4 Å². The van der Waals surface area contributed by atoms with E-state index in [4.69, 9.17) is 5.73 Å². The Morgan fingerprint density at radius 2 is 2.00 bits per heavy atom. The SMILES string of the molecule is CC(C)CN(C(=O)c1ccc(N)cn1)C(C)C. The van der Waals surface area contributed by atoms with Gasteiger partial charge in [0.15, 0.2) is 0 Å². The highest BCUT2D eigenvalue weighted by Crippen LogP contribution is 2.10. The van der Waals surface area contributed by atoms with Crippen molar-refractivity contribution in [2.24, 2.45) is 5.92 Å². The Balaban J connectivity index is 2.88. The van der Waals surface area contributed by atoms with E-state index in [1.54, 1.807) is 12.1 Å². The topological polar surface area (TPSA) is 59.2 Å². The number of rotatable bonds is 4. The van der Waals surface area contributed by atoms with Gasteiger partial charge in [-0.1, -0.05) is 13.8 Å². The minimum atomic E-state index is -0.0336. The number of hydrogen-bond donors (Lipinski definition) is 1. The zero-order chi connectivity index (χ0) is 13.0. The molecule has 1 aromatic heterocycles. The number of nitrogen functional groups attached to an aromatic ring is 1. The van der Waals surface area contributed by atoms with E-state index in [1.165, 1.54) is 6.20 Å². The normalized spacial score (nSPS) is 10.9. The molecular formula is C13H21N3O. The molecule has 1 amide bonds. The van der Waals surface area contributed by atoms with Crippen LogP contribution in [0.2, 0.25) is 0 Å². The lowest BCUT2D eigenvalue weighted by Crippen LogP contribution is -2.39. The number of pyridine rings is 1. The molecule has 1 heterocycles. The summed E-state index contributed by atoms with van der Waals surface area (Å²) in [4.78, 5) is 18.2. The van der Waals surface area contributed by atoms with Gasteiger partial charge in [0.1, 0.15) is 5.69 Å². The van der Waals surface area contributed by atoms with Crippen molar-refractivity contribution >= 4 is 11.6 Å². The Labute approximate surface area is 103 Å². The molecule has 0 aliphatic carbocycles. The van der Waals surface area contributed by atoms with Gasteiger partial charge in [-0.25, -0.2) is 4.98 Å². The number of anilines is 1. The molecule has 0 aliphatic rings. The van der Waals surface area contributed by atoms with Gasteiger partial charge in [-0.2, -0.15) is 0 Å². The van der Waals surface area contributed by atoms with Crippen molar-refractivity contribution in [1.82, 2.24) is 9.88 Å². The minimum absolute atomic E-state index is 0.0336. The van der Waals surface area contributed by atoms with Gasteiger partial charge >= 0.3 is 0 Å². The molecule has 94 valence electrons. The van der Waals surface area contributed by atoms with E-state index in [0.717, 1.165) is 6.54 Å². The summed E-state index contributed by atoms with van der Waals surface area (Å²) < 4.78 is 0. The Bertz CT molecular complexity index is 371. The quantitative estimate of drug-likeness (QED) is 0.870. The lowest BCUT2D eigenvalue weighted by atomic mass is 10.1. The molecular weight excluding hydrogens is 214 g/mol. The van der Waals surface area contributed by atoms with E-state index in [9.17, 15) is 4.79 Å². The van der Waals surface area contributed by atoms with E-state index in [1.807, 2.05) is 18.7 Å². The van der Waals surface area contributed by atoms with Gasteiger partial charge in [0.05, 0.1) is 11.9 Å². The van der Waals surface area contributed by atoms with Crippen LogP contribution in [0.3, 0.4) is 0 Å². The van der Waals surface area contributed by atoms with Gasteiger partial charge in [-0.15, -0.1) is 0 Å². The van der Waals surface area contributed by atoms with Crippen LogP contribution in [0.4, 0.5) is 5.69 Å². The zero-order valence-electron chi connectivity index (χ0n) is 11.0. The van der Waals surface area contributed by atoms with Crippen LogP contribution < -0.4 is 5.73 Å².